The summed E-state index contributed by atoms with van der Waals surface area (Å²) in [5, 5.41) is 11.6. The van der Waals surface area contributed by atoms with Crippen molar-refractivity contribution in [3.8, 4) is 0 Å². The molecule has 0 bridgehead atoms. The summed E-state index contributed by atoms with van der Waals surface area (Å²) in [5.74, 6) is -1.12. The first-order chi connectivity index (χ1) is 20.2. The van der Waals surface area contributed by atoms with Gasteiger partial charge in [-0.2, -0.15) is 0 Å². The van der Waals surface area contributed by atoms with Crippen molar-refractivity contribution in [2.24, 2.45) is 5.92 Å². The number of fused-ring (bicyclic) bond motifs is 1. The van der Waals surface area contributed by atoms with Gasteiger partial charge in [-0.05, 0) is 80.5 Å². The molecule has 1 saturated carbocycles. The molecule has 0 unspecified atom stereocenters. The van der Waals surface area contributed by atoms with Crippen LogP contribution >= 0.6 is 0 Å². The lowest BCUT2D eigenvalue weighted by Gasteiger charge is -2.35. The van der Waals surface area contributed by atoms with Crippen molar-refractivity contribution in [2.45, 2.75) is 56.8 Å². The van der Waals surface area contributed by atoms with E-state index in [1.165, 1.54) is 5.56 Å². The number of rotatable bonds is 9. The Labute approximate surface area is 246 Å². The fourth-order valence-corrected chi connectivity index (χ4v) is 6.57. The van der Waals surface area contributed by atoms with Crippen LogP contribution in [0.2, 0.25) is 0 Å². The van der Waals surface area contributed by atoms with Crippen molar-refractivity contribution < 1.29 is 24.2 Å². The molecule has 1 N–H and O–H groups in total. The molecule has 0 spiro atoms. The lowest BCUT2D eigenvalue weighted by molar-refractivity contribution is -0.143. The van der Waals surface area contributed by atoms with Gasteiger partial charge in [0.2, 0.25) is 0 Å². The second-order valence-electron chi connectivity index (χ2n) is 12.3. The van der Waals surface area contributed by atoms with Crippen LogP contribution in [0.15, 0.2) is 84.9 Å². The Morgan fingerprint density at radius 2 is 1.71 bits per heavy atom. The van der Waals surface area contributed by atoms with E-state index in [1.807, 2.05) is 72.8 Å². The second kappa shape index (κ2) is 11.0. The molecule has 1 aliphatic heterocycles. The van der Waals surface area contributed by atoms with Gasteiger partial charge in [0.15, 0.2) is 0 Å². The molecule has 3 aromatic carbocycles. The Bertz CT molecular complexity index is 1600. The summed E-state index contributed by atoms with van der Waals surface area (Å²) in [6, 6.07) is 27.4. The summed E-state index contributed by atoms with van der Waals surface area (Å²) in [6.45, 7) is 5.64. The summed E-state index contributed by atoms with van der Waals surface area (Å²) in [7, 11) is 1.73. The molecule has 3 atom stereocenters. The number of aromatic nitrogens is 1. The van der Waals surface area contributed by atoms with E-state index >= 15 is 0 Å². The van der Waals surface area contributed by atoms with Gasteiger partial charge in [-0.1, -0.05) is 54.6 Å². The Morgan fingerprint density at radius 3 is 2.40 bits per heavy atom. The third kappa shape index (κ3) is 5.23. The first-order valence-corrected chi connectivity index (χ1v) is 14.7. The van der Waals surface area contributed by atoms with Crippen molar-refractivity contribution in [1.29, 1.82) is 0 Å². The Hall–Kier alpha value is -3.94. The molecule has 7 heteroatoms. The van der Waals surface area contributed by atoms with E-state index in [1.54, 1.807) is 16.5 Å². The van der Waals surface area contributed by atoms with E-state index in [9.17, 15) is 14.7 Å². The molecule has 2 fully saturated rings. The number of benzene rings is 3. The maximum Gasteiger partial charge on any atom is 0.330 e. The topological polar surface area (TPSA) is 81.0 Å². The maximum absolute atomic E-state index is 14.1. The predicted molar refractivity (Wildman–Crippen MR) is 163 cm³/mol. The average Bonchev–Trinajstić information content (AvgIpc) is 3.59. The van der Waals surface area contributed by atoms with Gasteiger partial charge in [0.25, 0.3) is 5.91 Å². The van der Waals surface area contributed by atoms with Crippen LogP contribution < -0.4 is 4.90 Å². The molecule has 0 radical (unpaired) electrons. The minimum absolute atomic E-state index is 0.197. The summed E-state index contributed by atoms with van der Waals surface area (Å²) >= 11 is 0. The number of hydrogen-bond donors (Lipinski definition) is 1. The SMILES string of the molecule is CN(C(=O)c1cc2cc([C@H]3CCOC(C)(C)C3)ccc2n1[C@@]1(C(=O)O)C[C@@H]1COCc1ccccc1)c1ccccc1. The van der Waals surface area contributed by atoms with E-state index in [2.05, 4.69) is 26.0 Å². The quantitative estimate of drug-likeness (QED) is 0.247. The number of carboxylic acids is 1. The lowest BCUT2D eigenvalue weighted by Crippen LogP contribution is -2.36. The normalized spacial score (nSPS) is 23.0. The highest BCUT2D eigenvalue weighted by molar-refractivity contribution is 6.08. The van der Waals surface area contributed by atoms with Gasteiger partial charge in [0, 0.05) is 36.2 Å². The van der Waals surface area contributed by atoms with Gasteiger partial charge in [-0.25, -0.2) is 4.79 Å². The van der Waals surface area contributed by atoms with Gasteiger partial charge >= 0.3 is 5.97 Å². The highest BCUT2D eigenvalue weighted by atomic mass is 16.5. The Balaban J connectivity index is 1.38. The number of carbonyl (C=O) groups excluding carboxylic acids is 1. The molecule has 4 aromatic rings. The van der Waals surface area contributed by atoms with E-state index in [0.717, 1.165) is 35.0 Å². The third-order valence-electron chi connectivity index (χ3n) is 8.93. The molecule has 1 aromatic heterocycles. The van der Waals surface area contributed by atoms with Crippen LogP contribution in [0, 0.1) is 5.92 Å². The first-order valence-electron chi connectivity index (χ1n) is 14.7. The highest BCUT2D eigenvalue weighted by Gasteiger charge is 2.63. The zero-order chi connectivity index (χ0) is 29.5. The Kier molecular flexibility index (Phi) is 7.41. The van der Waals surface area contributed by atoms with Crippen molar-refractivity contribution in [3.63, 3.8) is 0 Å². The summed E-state index contributed by atoms with van der Waals surface area (Å²) in [4.78, 5) is 28.7. The molecule has 218 valence electrons. The molecule has 2 aliphatic rings. The molecule has 42 heavy (non-hydrogen) atoms. The second-order valence-corrected chi connectivity index (χ2v) is 12.3. The highest BCUT2D eigenvalue weighted by Crippen LogP contribution is 2.53. The van der Waals surface area contributed by atoms with Crippen LogP contribution in [-0.2, 0) is 26.4 Å². The van der Waals surface area contributed by atoms with Crippen LogP contribution in [0.4, 0.5) is 5.69 Å². The summed E-state index contributed by atoms with van der Waals surface area (Å²) in [5.41, 5.74) is 2.63. The van der Waals surface area contributed by atoms with Crippen LogP contribution in [0.25, 0.3) is 10.9 Å². The number of para-hydroxylation sites is 1. The van der Waals surface area contributed by atoms with Crippen LogP contribution in [0.1, 0.15) is 60.6 Å². The minimum Gasteiger partial charge on any atom is -0.479 e. The molecule has 1 saturated heterocycles. The molecule has 1 aliphatic carbocycles. The van der Waals surface area contributed by atoms with E-state index in [-0.39, 0.29) is 24.0 Å². The number of ether oxygens (including phenoxy) is 2. The average molecular weight is 567 g/mol. The number of aliphatic carboxylic acids is 1. The molecule has 2 heterocycles. The standard InChI is InChI=1S/C35H38N2O5/c1-34(2)20-26(16-17-42-34)25-14-15-30-27(18-25)19-31(32(38)36(3)29-12-8-5-9-13-29)37(30)35(33(39)40)21-28(35)23-41-22-24-10-6-4-7-11-24/h4-15,18-19,26,28H,16-17,20-23H2,1-3H3,(H,39,40)/t26-,28+,35-/m0/s1. The van der Waals surface area contributed by atoms with Gasteiger partial charge in [0.1, 0.15) is 11.2 Å². The van der Waals surface area contributed by atoms with Gasteiger partial charge in [0.05, 0.1) is 18.8 Å². The van der Waals surface area contributed by atoms with Crippen molar-refractivity contribution >= 4 is 28.5 Å². The van der Waals surface area contributed by atoms with Gasteiger partial charge in [-0.3, -0.25) is 4.79 Å². The van der Waals surface area contributed by atoms with Crippen LogP contribution in [0.3, 0.4) is 0 Å². The maximum atomic E-state index is 14.1. The first kappa shape index (κ1) is 28.2. The largest absolute Gasteiger partial charge is 0.479 e. The number of amides is 1. The number of carboxylic acid groups (broad SMARTS) is 1. The number of carbonyl (C=O) groups is 2. The summed E-state index contributed by atoms with van der Waals surface area (Å²) in [6.07, 6.45) is 2.23. The summed E-state index contributed by atoms with van der Waals surface area (Å²) < 4.78 is 13.7. The van der Waals surface area contributed by atoms with E-state index in [0.29, 0.717) is 31.2 Å². The molecule has 6 rings (SSSR count). The van der Waals surface area contributed by atoms with Gasteiger partial charge in [-0.15, -0.1) is 0 Å². The molecular formula is C35H38N2O5. The predicted octanol–water partition coefficient (Wildman–Crippen LogP) is 6.61. The fourth-order valence-electron chi connectivity index (χ4n) is 6.57. The van der Waals surface area contributed by atoms with Crippen LogP contribution in [-0.4, -0.2) is 47.4 Å². The lowest BCUT2D eigenvalue weighted by atomic mass is 9.83. The van der Waals surface area contributed by atoms with Crippen molar-refractivity contribution in [1.82, 2.24) is 4.57 Å². The molecule has 1 amide bonds. The molecule has 7 nitrogen and oxygen atoms in total. The zero-order valence-corrected chi connectivity index (χ0v) is 24.5. The van der Waals surface area contributed by atoms with Crippen molar-refractivity contribution in [2.75, 3.05) is 25.2 Å². The van der Waals surface area contributed by atoms with Crippen molar-refractivity contribution in [3.05, 3.63) is 102 Å². The molecular weight excluding hydrogens is 528 g/mol. The van der Waals surface area contributed by atoms with Gasteiger partial charge < -0.3 is 24.0 Å². The van der Waals surface area contributed by atoms with E-state index in [4.69, 9.17) is 9.47 Å². The number of anilines is 1. The monoisotopic (exact) mass is 566 g/mol. The van der Waals surface area contributed by atoms with Crippen LogP contribution in [0.5, 0.6) is 0 Å². The fraction of sp³-hybridized carbons (Fsp3) is 0.371. The zero-order valence-electron chi connectivity index (χ0n) is 24.5. The minimum atomic E-state index is -1.26. The smallest absolute Gasteiger partial charge is 0.330 e. The van der Waals surface area contributed by atoms with E-state index < -0.39 is 11.5 Å². The third-order valence-corrected chi connectivity index (χ3v) is 8.93. The number of nitrogens with zero attached hydrogens (tertiary/aromatic N) is 2. The number of hydrogen-bond acceptors (Lipinski definition) is 4. The Morgan fingerprint density at radius 1 is 1.00 bits per heavy atom.